The zero-order chi connectivity index (χ0) is 9.04. The van der Waals surface area contributed by atoms with E-state index in [0.29, 0.717) is 0 Å². The molecule has 0 amide bonds. The van der Waals surface area contributed by atoms with Crippen LogP contribution in [0.2, 0.25) is 0 Å². The summed E-state index contributed by atoms with van der Waals surface area (Å²) in [6.07, 6.45) is 2.46. The quantitative estimate of drug-likeness (QED) is 0.633. The fourth-order valence-corrected chi connectivity index (χ4v) is 3.40. The Labute approximate surface area is 72.6 Å². The van der Waals surface area contributed by atoms with Gasteiger partial charge in [0.15, 0.2) is 0 Å². The molecule has 3 aliphatic carbocycles. The van der Waals surface area contributed by atoms with Crippen LogP contribution in [0.15, 0.2) is 0 Å². The van der Waals surface area contributed by atoms with Gasteiger partial charge in [0, 0.05) is 11.1 Å². The minimum Gasteiger partial charge on any atom is -0.325 e. The van der Waals surface area contributed by atoms with Gasteiger partial charge >= 0.3 is 0 Å². The van der Waals surface area contributed by atoms with Crippen LogP contribution >= 0.6 is 0 Å². The second-order valence-electron chi connectivity index (χ2n) is 4.18. The van der Waals surface area contributed by atoms with Gasteiger partial charge in [-0.15, -0.1) is 0 Å². The SMILES string of the molecule is CCS(=O)(=O)NC12CC(N)(C1)C2. The summed E-state index contributed by atoms with van der Waals surface area (Å²) in [5.74, 6) is 0.159. The molecular formula is C7H14N2O2S. The number of rotatable bonds is 3. The molecule has 0 aromatic rings. The standard InChI is InChI=1S/C7H14N2O2S/c1-2-12(10,11)9-7-3-6(8,4-7)5-7/h9H,2-5,8H2,1H3. The van der Waals surface area contributed by atoms with Crippen molar-refractivity contribution in [3.05, 3.63) is 0 Å². The Morgan fingerprint density at radius 3 is 2.25 bits per heavy atom. The summed E-state index contributed by atoms with van der Waals surface area (Å²) in [6, 6.07) is 0. The molecule has 12 heavy (non-hydrogen) atoms. The molecule has 4 nitrogen and oxygen atoms in total. The lowest BCUT2D eigenvalue weighted by molar-refractivity contribution is -0.0618. The lowest BCUT2D eigenvalue weighted by atomic mass is 9.45. The van der Waals surface area contributed by atoms with Crippen LogP contribution in [-0.2, 0) is 10.0 Å². The molecule has 0 aromatic heterocycles. The fraction of sp³-hybridized carbons (Fsp3) is 1.00. The van der Waals surface area contributed by atoms with Crippen molar-refractivity contribution in [3.8, 4) is 0 Å². The molecule has 0 radical (unpaired) electrons. The van der Waals surface area contributed by atoms with E-state index in [2.05, 4.69) is 4.72 Å². The van der Waals surface area contributed by atoms with Gasteiger partial charge in [-0.05, 0) is 26.2 Å². The summed E-state index contributed by atoms with van der Waals surface area (Å²) in [4.78, 5) is 0. The molecule has 0 atom stereocenters. The third-order valence-corrected chi connectivity index (χ3v) is 4.33. The van der Waals surface area contributed by atoms with Gasteiger partial charge in [-0.2, -0.15) is 0 Å². The normalized spacial score (nSPS) is 44.8. The van der Waals surface area contributed by atoms with Crippen LogP contribution < -0.4 is 10.5 Å². The molecule has 3 aliphatic rings. The highest BCUT2D eigenvalue weighted by Gasteiger charge is 2.67. The monoisotopic (exact) mass is 190 g/mol. The molecule has 3 N–H and O–H groups in total. The van der Waals surface area contributed by atoms with Crippen LogP contribution in [0, 0.1) is 0 Å². The molecule has 0 spiro atoms. The highest BCUT2D eigenvalue weighted by Crippen LogP contribution is 2.58. The molecule has 5 heteroatoms. The van der Waals surface area contributed by atoms with Crippen molar-refractivity contribution in [3.63, 3.8) is 0 Å². The van der Waals surface area contributed by atoms with Crippen molar-refractivity contribution in [2.75, 3.05) is 5.75 Å². The average molecular weight is 190 g/mol. The van der Waals surface area contributed by atoms with Crippen molar-refractivity contribution in [2.24, 2.45) is 5.73 Å². The van der Waals surface area contributed by atoms with E-state index in [1.165, 1.54) is 0 Å². The molecule has 3 saturated carbocycles. The average Bonchev–Trinajstić information content (AvgIpc) is 1.82. The zero-order valence-electron chi connectivity index (χ0n) is 7.13. The molecule has 0 aliphatic heterocycles. The summed E-state index contributed by atoms with van der Waals surface area (Å²) in [6.45, 7) is 1.64. The maximum atomic E-state index is 11.2. The topological polar surface area (TPSA) is 72.2 Å². The Kier molecular flexibility index (Phi) is 1.43. The van der Waals surface area contributed by atoms with Crippen molar-refractivity contribution < 1.29 is 8.42 Å². The first kappa shape index (κ1) is 8.47. The molecule has 3 rings (SSSR count). The van der Waals surface area contributed by atoms with E-state index in [1.54, 1.807) is 6.92 Å². The van der Waals surface area contributed by atoms with Crippen LogP contribution in [-0.4, -0.2) is 25.2 Å². The molecule has 2 bridgehead atoms. The van der Waals surface area contributed by atoms with Gasteiger partial charge < -0.3 is 5.73 Å². The first-order chi connectivity index (χ1) is 5.39. The Morgan fingerprint density at radius 2 is 1.92 bits per heavy atom. The number of hydrogen-bond acceptors (Lipinski definition) is 3. The maximum absolute atomic E-state index is 11.2. The van der Waals surface area contributed by atoms with E-state index >= 15 is 0 Å². The summed E-state index contributed by atoms with van der Waals surface area (Å²) < 4.78 is 25.1. The van der Waals surface area contributed by atoms with Gasteiger partial charge in [0.25, 0.3) is 0 Å². The number of nitrogens with two attached hydrogens (primary N) is 1. The number of sulfonamides is 1. The summed E-state index contributed by atoms with van der Waals surface area (Å²) in [5, 5.41) is 0. The van der Waals surface area contributed by atoms with E-state index in [9.17, 15) is 8.42 Å². The highest BCUT2D eigenvalue weighted by molar-refractivity contribution is 7.89. The van der Waals surface area contributed by atoms with Gasteiger partial charge in [-0.25, -0.2) is 13.1 Å². The van der Waals surface area contributed by atoms with Gasteiger partial charge in [0.05, 0.1) is 5.75 Å². The first-order valence-electron chi connectivity index (χ1n) is 4.19. The molecular weight excluding hydrogens is 176 g/mol. The second-order valence-corrected chi connectivity index (χ2v) is 6.19. The van der Waals surface area contributed by atoms with Crippen LogP contribution in [0.3, 0.4) is 0 Å². The Bertz CT molecular complexity index is 290. The van der Waals surface area contributed by atoms with Gasteiger partial charge in [0.1, 0.15) is 0 Å². The zero-order valence-corrected chi connectivity index (χ0v) is 7.95. The Morgan fingerprint density at radius 1 is 1.42 bits per heavy atom. The van der Waals surface area contributed by atoms with Crippen molar-refractivity contribution in [2.45, 2.75) is 37.3 Å². The fourth-order valence-electron chi connectivity index (χ4n) is 2.38. The Hall–Kier alpha value is -0.130. The van der Waals surface area contributed by atoms with Crippen LogP contribution in [0.25, 0.3) is 0 Å². The predicted molar refractivity (Wildman–Crippen MR) is 46.1 cm³/mol. The molecule has 0 heterocycles. The molecule has 0 aromatic carbocycles. The molecule has 70 valence electrons. The van der Waals surface area contributed by atoms with E-state index in [1.807, 2.05) is 0 Å². The van der Waals surface area contributed by atoms with E-state index in [4.69, 9.17) is 5.73 Å². The molecule has 0 saturated heterocycles. The van der Waals surface area contributed by atoms with Crippen LogP contribution in [0.1, 0.15) is 26.2 Å². The minimum atomic E-state index is -3.03. The third kappa shape index (κ3) is 1.08. The van der Waals surface area contributed by atoms with Crippen molar-refractivity contribution in [1.82, 2.24) is 4.72 Å². The number of nitrogens with one attached hydrogen (secondary N) is 1. The summed E-state index contributed by atoms with van der Waals surface area (Å²) >= 11 is 0. The summed E-state index contributed by atoms with van der Waals surface area (Å²) in [7, 11) is -3.03. The summed E-state index contributed by atoms with van der Waals surface area (Å²) in [5.41, 5.74) is 5.62. The van der Waals surface area contributed by atoms with E-state index in [-0.39, 0.29) is 16.8 Å². The van der Waals surface area contributed by atoms with E-state index in [0.717, 1.165) is 19.3 Å². The largest absolute Gasteiger partial charge is 0.325 e. The first-order valence-corrected chi connectivity index (χ1v) is 5.85. The van der Waals surface area contributed by atoms with Crippen LogP contribution in [0.4, 0.5) is 0 Å². The van der Waals surface area contributed by atoms with Crippen molar-refractivity contribution in [1.29, 1.82) is 0 Å². The van der Waals surface area contributed by atoms with Gasteiger partial charge in [-0.1, -0.05) is 0 Å². The highest BCUT2D eigenvalue weighted by atomic mass is 32.2. The predicted octanol–water partition coefficient (Wildman–Crippen LogP) is -0.441. The number of hydrogen-bond donors (Lipinski definition) is 2. The van der Waals surface area contributed by atoms with E-state index < -0.39 is 10.0 Å². The minimum absolute atomic E-state index is 0.0315. The third-order valence-electron chi connectivity index (χ3n) is 2.82. The van der Waals surface area contributed by atoms with Gasteiger partial charge in [-0.3, -0.25) is 0 Å². The molecule has 3 fully saturated rings. The lowest BCUT2D eigenvalue weighted by Gasteiger charge is -2.68. The maximum Gasteiger partial charge on any atom is 0.211 e. The van der Waals surface area contributed by atoms with Crippen LogP contribution in [0.5, 0.6) is 0 Å². The van der Waals surface area contributed by atoms with Gasteiger partial charge in [0.2, 0.25) is 10.0 Å². The second kappa shape index (κ2) is 2.02. The van der Waals surface area contributed by atoms with Crippen molar-refractivity contribution >= 4 is 10.0 Å². The smallest absolute Gasteiger partial charge is 0.211 e. The Balaban J connectivity index is 1.99. The molecule has 0 unspecified atom stereocenters. The lowest BCUT2D eigenvalue weighted by Crippen LogP contribution is -2.82.